The van der Waals surface area contributed by atoms with Crippen molar-refractivity contribution in [2.45, 2.75) is 0 Å². The molecule has 0 N–H and O–H groups in total. The topological polar surface area (TPSA) is 12.9 Å². The van der Waals surface area contributed by atoms with Crippen molar-refractivity contribution < 1.29 is 8.78 Å². The van der Waals surface area contributed by atoms with Crippen LogP contribution in [-0.2, 0) is 0 Å². The minimum atomic E-state index is -0.571. The average molecular weight is 241 g/mol. The van der Waals surface area contributed by atoms with Crippen LogP contribution in [-0.4, -0.2) is 4.98 Å². The lowest BCUT2D eigenvalue weighted by Crippen LogP contribution is -1.87. The van der Waals surface area contributed by atoms with Gasteiger partial charge in [0.15, 0.2) is 0 Å². The van der Waals surface area contributed by atoms with E-state index in [1.807, 2.05) is 24.3 Å². The fraction of sp³-hybridized carbons (Fsp3) is 0. The smallest absolute Gasteiger partial charge is 0.133 e. The molecule has 0 saturated heterocycles. The van der Waals surface area contributed by atoms with Crippen LogP contribution < -0.4 is 0 Å². The minimum Gasteiger partial charge on any atom is -0.256 e. The van der Waals surface area contributed by atoms with Crippen molar-refractivity contribution in [3.05, 3.63) is 66.4 Å². The lowest BCUT2D eigenvalue weighted by molar-refractivity contribution is 0.585. The van der Waals surface area contributed by atoms with Crippen molar-refractivity contribution in [3.63, 3.8) is 0 Å². The van der Waals surface area contributed by atoms with Crippen molar-refractivity contribution in [2.75, 3.05) is 0 Å². The largest absolute Gasteiger partial charge is 0.256 e. The van der Waals surface area contributed by atoms with Crippen LogP contribution >= 0.6 is 0 Å². The molecule has 0 fully saturated rings. The fourth-order valence-corrected chi connectivity index (χ4v) is 1.97. The quantitative estimate of drug-likeness (QED) is 0.622. The van der Waals surface area contributed by atoms with Crippen molar-refractivity contribution in [1.82, 2.24) is 4.98 Å². The molecule has 18 heavy (non-hydrogen) atoms. The highest BCUT2D eigenvalue weighted by Gasteiger charge is 2.07. The number of hydrogen-bond acceptors (Lipinski definition) is 1. The number of aromatic nitrogens is 1. The van der Waals surface area contributed by atoms with Gasteiger partial charge in [0.2, 0.25) is 0 Å². The highest BCUT2D eigenvalue weighted by molar-refractivity contribution is 5.84. The van der Waals surface area contributed by atoms with Gasteiger partial charge < -0.3 is 0 Å². The normalized spacial score (nSPS) is 10.8. The van der Waals surface area contributed by atoms with Gasteiger partial charge in [-0.05, 0) is 35.9 Å². The summed E-state index contributed by atoms with van der Waals surface area (Å²) in [7, 11) is 0. The maximum absolute atomic E-state index is 13.7. The Morgan fingerprint density at radius 2 is 1.78 bits per heavy atom. The monoisotopic (exact) mass is 241 g/mol. The van der Waals surface area contributed by atoms with E-state index in [1.54, 1.807) is 12.3 Å². The summed E-state index contributed by atoms with van der Waals surface area (Å²) in [5.74, 6) is -1.13. The first-order valence-electron chi connectivity index (χ1n) is 5.54. The molecule has 0 aliphatic heterocycles. The molecule has 0 aliphatic carbocycles. The van der Waals surface area contributed by atoms with E-state index in [2.05, 4.69) is 4.98 Å². The van der Waals surface area contributed by atoms with Gasteiger partial charge in [-0.2, -0.15) is 0 Å². The second-order valence-electron chi connectivity index (χ2n) is 4.04. The Bertz CT molecular complexity index is 723. The summed E-state index contributed by atoms with van der Waals surface area (Å²) in [5, 5.41) is 0.929. The molecule has 1 heterocycles. The predicted molar refractivity (Wildman–Crippen MR) is 67.1 cm³/mol. The molecule has 1 nitrogen and oxygen atoms in total. The van der Waals surface area contributed by atoms with Crippen molar-refractivity contribution in [3.8, 4) is 11.1 Å². The summed E-state index contributed by atoms with van der Waals surface area (Å²) in [6.07, 6.45) is 1.71. The summed E-state index contributed by atoms with van der Waals surface area (Å²) in [6.45, 7) is 0. The minimum absolute atomic E-state index is 0.391. The summed E-state index contributed by atoms with van der Waals surface area (Å²) >= 11 is 0. The van der Waals surface area contributed by atoms with Gasteiger partial charge in [0.05, 0.1) is 5.52 Å². The summed E-state index contributed by atoms with van der Waals surface area (Å²) < 4.78 is 26.5. The second-order valence-corrected chi connectivity index (χ2v) is 4.04. The molecule has 2 aromatic carbocycles. The van der Waals surface area contributed by atoms with E-state index in [0.29, 0.717) is 11.1 Å². The van der Waals surface area contributed by atoms with E-state index in [1.165, 1.54) is 12.1 Å². The van der Waals surface area contributed by atoms with Crippen LogP contribution in [0.15, 0.2) is 54.7 Å². The molecule has 3 aromatic rings. The zero-order valence-electron chi connectivity index (χ0n) is 9.40. The Hall–Kier alpha value is -2.29. The first-order valence-corrected chi connectivity index (χ1v) is 5.54. The maximum Gasteiger partial charge on any atom is 0.133 e. The molecule has 1 aromatic heterocycles. The summed E-state index contributed by atoms with van der Waals surface area (Å²) in [6, 6.07) is 12.8. The van der Waals surface area contributed by atoms with Gasteiger partial charge in [-0.1, -0.05) is 12.1 Å². The van der Waals surface area contributed by atoms with E-state index < -0.39 is 11.6 Å². The van der Waals surface area contributed by atoms with E-state index in [-0.39, 0.29) is 0 Å². The molecule has 0 amide bonds. The molecular formula is C15H9F2N. The van der Waals surface area contributed by atoms with Crippen molar-refractivity contribution >= 4 is 10.9 Å². The van der Waals surface area contributed by atoms with Gasteiger partial charge in [0, 0.05) is 23.2 Å². The third-order valence-electron chi connectivity index (χ3n) is 2.85. The van der Waals surface area contributed by atoms with Gasteiger partial charge >= 0.3 is 0 Å². The lowest BCUT2D eigenvalue weighted by Gasteiger charge is -2.05. The Morgan fingerprint density at radius 1 is 0.889 bits per heavy atom. The third-order valence-corrected chi connectivity index (χ3v) is 2.85. The Morgan fingerprint density at radius 3 is 2.61 bits per heavy atom. The molecule has 0 atom stereocenters. The zero-order chi connectivity index (χ0) is 12.5. The van der Waals surface area contributed by atoms with Crippen LogP contribution in [0.5, 0.6) is 0 Å². The Kier molecular flexibility index (Phi) is 2.52. The van der Waals surface area contributed by atoms with Gasteiger partial charge in [-0.25, -0.2) is 8.78 Å². The number of nitrogens with zero attached hydrogens (tertiary/aromatic N) is 1. The van der Waals surface area contributed by atoms with Gasteiger partial charge in [-0.15, -0.1) is 0 Å². The molecule has 0 bridgehead atoms. The van der Waals surface area contributed by atoms with Gasteiger partial charge in [-0.3, -0.25) is 4.98 Å². The average Bonchev–Trinajstić information content (AvgIpc) is 2.38. The van der Waals surface area contributed by atoms with Crippen molar-refractivity contribution in [1.29, 1.82) is 0 Å². The van der Waals surface area contributed by atoms with Crippen LogP contribution in [0.3, 0.4) is 0 Å². The molecule has 0 aliphatic rings. The SMILES string of the molecule is Fc1ccc(-c2ccc3ncccc3c2)c(F)c1. The first-order chi connectivity index (χ1) is 8.74. The number of pyridine rings is 1. The van der Waals surface area contributed by atoms with Gasteiger partial charge in [0.1, 0.15) is 11.6 Å². The standard InChI is InChI=1S/C15H9F2N/c16-12-4-5-13(14(17)9-12)10-3-6-15-11(8-10)2-1-7-18-15/h1-9H. The molecule has 0 spiro atoms. The van der Waals surface area contributed by atoms with Crippen LogP contribution in [0.1, 0.15) is 0 Å². The zero-order valence-corrected chi connectivity index (χ0v) is 9.40. The molecular weight excluding hydrogens is 232 g/mol. The van der Waals surface area contributed by atoms with Crippen LogP contribution in [0.2, 0.25) is 0 Å². The molecule has 3 heteroatoms. The van der Waals surface area contributed by atoms with Crippen LogP contribution in [0.25, 0.3) is 22.0 Å². The fourth-order valence-electron chi connectivity index (χ4n) is 1.97. The number of benzene rings is 2. The van der Waals surface area contributed by atoms with Crippen LogP contribution in [0, 0.1) is 11.6 Å². The third kappa shape index (κ3) is 1.84. The van der Waals surface area contributed by atoms with Crippen molar-refractivity contribution in [2.24, 2.45) is 0 Å². The maximum atomic E-state index is 13.7. The summed E-state index contributed by atoms with van der Waals surface area (Å²) in [5.41, 5.74) is 1.96. The van der Waals surface area contributed by atoms with E-state index in [9.17, 15) is 8.78 Å². The summed E-state index contributed by atoms with van der Waals surface area (Å²) in [4.78, 5) is 4.20. The van der Waals surface area contributed by atoms with E-state index in [4.69, 9.17) is 0 Å². The number of fused-ring (bicyclic) bond motifs is 1. The highest BCUT2D eigenvalue weighted by atomic mass is 19.1. The lowest BCUT2D eigenvalue weighted by atomic mass is 10.0. The highest BCUT2D eigenvalue weighted by Crippen LogP contribution is 2.26. The number of rotatable bonds is 1. The molecule has 0 unspecified atom stereocenters. The predicted octanol–water partition coefficient (Wildman–Crippen LogP) is 4.18. The second kappa shape index (κ2) is 4.18. The first kappa shape index (κ1) is 10.8. The molecule has 88 valence electrons. The van der Waals surface area contributed by atoms with Crippen LogP contribution in [0.4, 0.5) is 8.78 Å². The Balaban J connectivity index is 2.19. The number of halogens is 2. The molecule has 0 radical (unpaired) electrons. The van der Waals surface area contributed by atoms with E-state index >= 15 is 0 Å². The molecule has 0 saturated carbocycles. The molecule has 3 rings (SSSR count). The number of hydrogen-bond donors (Lipinski definition) is 0. The van der Waals surface area contributed by atoms with Gasteiger partial charge in [0.25, 0.3) is 0 Å². The Labute approximate surface area is 103 Å². The van der Waals surface area contributed by atoms with E-state index in [0.717, 1.165) is 17.0 Å².